The lowest BCUT2D eigenvalue weighted by Gasteiger charge is -2.15. The molecule has 1 N–H and O–H groups in total. The largest absolute Gasteiger partial charge is 0.321 e. The van der Waals surface area contributed by atoms with E-state index in [1.165, 1.54) is 16.4 Å². The van der Waals surface area contributed by atoms with Crippen molar-refractivity contribution in [3.8, 4) is 0 Å². The summed E-state index contributed by atoms with van der Waals surface area (Å²) < 4.78 is 28.3. The summed E-state index contributed by atoms with van der Waals surface area (Å²) in [6.45, 7) is 1.13. The van der Waals surface area contributed by atoms with Gasteiger partial charge in [0.15, 0.2) is 0 Å². The van der Waals surface area contributed by atoms with Crippen LogP contribution in [0.1, 0.15) is 23.3 Å². The molecule has 4 rings (SSSR count). The van der Waals surface area contributed by atoms with Gasteiger partial charge in [-0.15, -0.1) is 0 Å². The number of carbonyl (C=O) groups excluding carboxylic acids is 1. The van der Waals surface area contributed by atoms with Crippen LogP contribution in [0.4, 0.5) is 5.69 Å². The summed E-state index contributed by atoms with van der Waals surface area (Å²) in [5.74, 6) is -0.344. The minimum atomic E-state index is -3.45. The van der Waals surface area contributed by atoms with Crippen molar-refractivity contribution in [3.05, 3.63) is 60.6 Å². The lowest BCUT2D eigenvalue weighted by molar-refractivity contribution is 0.102. The SMILES string of the molecule is O=C(Nc1ccc(S(=O)(=O)N2CCCC2)cc1)c1cn2ccccc2n1. The highest BCUT2D eigenvalue weighted by atomic mass is 32.2. The molecule has 3 aromatic rings. The first kappa shape index (κ1) is 16.7. The van der Waals surface area contributed by atoms with Crippen molar-refractivity contribution in [3.63, 3.8) is 0 Å². The van der Waals surface area contributed by atoms with Crippen LogP contribution in [-0.2, 0) is 10.0 Å². The first-order valence-electron chi connectivity index (χ1n) is 8.39. The molecule has 3 heterocycles. The van der Waals surface area contributed by atoms with E-state index in [0.717, 1.165) is 12.8 Å². The van der Waals surface area contributed by atoms with Gasteiger partial charge in [-0.3, -0.25) is 4.79 Å². The highest BCUT2D eigenvalue weighted by molar-refractivity contribution is 7.89. The van der Waals surface area contributed by atoms with Gasteiger partial charge in [-0.2, -0.15) is 4.31 Å². The second kappa shape index (κ2) is 6.54. The quantitative estimate of drug-likeness (QED) is 0.764. The number of imidazole rings is 1. The molecule has 7 nitrogen and oxygen atoms in total. The molecule has 0 saturated carbocycles. The standard InChI is InChI=1S/C18H18N4O3S/c23-18(16-13-21-10-2-1-5-17(21)20-16)19-14-6-8-15(9-7-14)26(24,25)22-11-3-4-12-22/h1-2,5-10,13H,3-4,11-12H2,(H,19,23). The summed E-state index contributed by atoms with van der Waals surface area (Å²) in [7, 11) is -3.45. The molecule has 0 unspecified atom stereocenters. The number of hydrogen-bond donors (Lipinski definition) is 1. The van der Waals surface area contributed by atoms with E-state index in [-0.39, 0.29) is 10.8 Å². The third-order valence-electron chi connectivity index (χ3n) is 4.41. The number of fused-ring (bicyclic) bond motifs is 1. The van der Waals surface area contributed by atoms with Gasteiger partial charge >= 0.3 is 0 Å². The summed E-state index contributed by atoms with van der Waals surface area (Å²) in [6.07, 6.45) is 5.26. The Morgan fingerprint density at radius 1 is 1.04 bits per heavy atom. The molecule has 1 amide bonds. The molecular formula is C18H18N4O3S. The third kappa shape index (κ3) is 3.09. The number of nitrogens with one attached hydrogen (secondary N) is 1. The van der Waals surface area contributed by atoms with E-state index in [9.17, 15) is 13.2 Å². The Morgan fingerprint density at radius 2 is 1.77 bits per heavy atom. The fraction of sp³-hybridized carbons (Fsp3) is 0.222. The maximum atomic E-state index is 12.5. The van der Waals surface area contributed by atoms with Gasteiger partial charge in [0.2, 0.25) is 10.0 Å². The Kier molecular flexibility index (Phi) is 4.21. The maximum absolute atomic E-state index is 12.5. The lowest BCUT2D eigenvalue weighted by atomic mass is 10.3. The zero-order chi connectivity index (χ0) is 18.1. The Labute approximate surface area is 151 Å². The van der Waals surface area contributed by atoms with Crippen molar-refractivity contribution >= 4 is 27.3 Å². The number of hydrogen-bond acceptors (Lipinski definition) is 4. The van der Waals surface area contributed by atoms with Gasteiger partial charge in [-0.05, 0) is 49.2 Å². The van der Waals surface area contributed by atoms with Crippen LogP contribution in [0.15, 0.2) is 59.8 Å². The van der Waals surface area contributed by atoms with E-state index in [0.29, 0.717) is 30.1 Å². The Balaban J connectivity index is 1.51. The van der Waals surface area contributed by atoms with Gasteiger partial charge < -0.3 is 9.72 Å². The topological polar surface area (TPSA) is 83.8 Å². The van der Waals surface area contributed by atoms with Crippen molar-refractivity contribution in [2.45, 2.75) is 17.7 Å². The van der Waals surface area contributed by atoms with Gasteiger partial charge in [0.1, 0.15) is 11.3 Å². The molecule has 0 aliphatic carbocycles. The summed E-state index contributed by atoms with van der Waals surface area (Å²) in [5.41, 5.74) is 1.50. The molecule has 0 bridgehead atoms. The van der Waals surface area contributed by atoms with E-state index in [1.807, 2.05) is 24.4 Å². The first-order valence-corrected chi connectivity index (χ1v) is 9.83. The van der Waals surface area contributed by atoms with Gasteiger partial charge in [0.05, 0.1) is 4.90 Å². The lowest BCUT2D eigenvalue weighted by Crippen LogP contribution is -2.27. The number of rotatable bonds is 4. The van der Waals surface area contributed by atoms with Crippen LogP contribution in [0.3, 0.4) is 0 Å². The van der Waals surface area contributed by atoms with Crippen molar-refractivity contribution in [2.24, 2.45) is 0 Å². The number of benzene rings is 1. The molecule has 1 fully saturated rings. The van der Waals surface area contributed by atoms with Crippen LogP contribution in [0.25, 0.3) is 5.65 Å². The fourth-order valence-corrected chi connectivity index (χ4v) is 4.54. The van der Waals surface area contributed by atoms with Crippen molar-refractivity contribution in [1.29, 1.82) is 0 Å². The van der Waals surface area contributed by atoms with Crippen molar-refractivity contribution in [1.82, 2.24) is 13.7 Å². The number of anilines is 1. The van der Waals surface area contributed by atoms with Crippen LogP contribution in [-0.4, -0.2) is 41.1 Å². The predicted octanol–water partition coefficient (Wildman–Crippen LogP) is 2.37. The third-order valence-corrected chi connectivity index (χ3v) is 6.32. The summed E-state index contributed by atoms with van der Waals surface area (Å²) in [4.78, 5) is 16.9. The van der Waals surface area contributed by atoms with Gasteiger partial charge in [0, 0.05) is 31.2 Å². The van der Waals surface area contributed by atoms with E-state index < -0.39 is 10.0 Å². The zero-order valence-electron chi connectivity index (χ0n) is 14.0. The molecule has 8 heteroatoms. The molecule has 26 heavy (non-hydrogen) atoms. The number of aromatic nitrogens is 2. The van der Waals surface area contributed by atoms with Crippen LogP contribution in [0.2, 0.25) is 0 Å². The van der Waals surface area contributed by atoms with E-state index in [2.05, 4.69) is 10.3 Å². The van der Waals surface area contributed by atoms with Crippen LogP contribution in [0.5, 0.6) is 0 Å². The summed E-state index contributed by atoms with van der Waals surface area (Å²) >= 11 is 0. The van der Waals surface area contributed by atoms with Crippen molar-refractivity contribution in [2.75, 3.05) is 18.4 Å². The van der Waals surface area contributed by atoms with E-state index in [1.54, 1.807) is 22.7 Å². The normalized spacial score (nSPS) is 15.4. The number of nitrogens with zero attached hydrogens (tertiary/aromatic N) is 3. The molecule has 0 spiro atoms. The number of carbonyl (C=O) groups is 1. The first-order chi connectivity index (χ1) is 12.5. The van der Waals surface area contributed by atoms with Crippen LogP contribution in [0, 0.1) is 0 Å². The van der Waals surface area contributed by atoms with Gasteiger partial charge in [-0.1, -0.05) is 6.07 Å². The van der Waals surface area contributed by atoms with Gasteiger partial charge in [0.25, 0.3) is 5.91 Å². The highest BCUT2D eigenvalue weighted by Gasteiger charge is 2.26. The maximum Gasteiger partial charge on any atom is 0.275 e. The summed E-state index contributed by atoms with van der Waals surface area (Å²) in [6, 6.07) is 11.8. The van der Waals surface area contributed by atoms with Crippen LogP contribution >= 0.6 is 0 Å². The minimum Gasteiger partial charge on any atom is -0.321 e. The number of amides is 1. The molecule has 134 valence electrons. The molecule has 1 aliphatic heterocycles. The minimum absolute atomic E-state index is 0.241. The molecule has 0 radical (unpaired) electrons. The fourth-order valence-electron chi connectivity index (χ4n) is 3.03. The molecule has 1 saturated heterocycles. The number of pyridine rings is 1. The van der Waals surface area contributed by atoms with Gasteiger partial charge in [-0.25, -0.2) is 13.4 Å². The van der Waals surface area contributed by atoms with Crippen LogP contribution < -0.4 is 5.32 Å². The Hall–Kier alpha value is -2.71. The second-order valence-electron chi connectivity index (χ2n) is 6.18. The second-order valence-corrected chi connectivity index (χ2v) is 8.12. The predicted molar refractivity (Wildman–Crippen MR) is 97.6 cm³/mol. The Morgan fingerprint density at radius 3 is 2.46 bits per heavy atom. The Bertz CT molecular complexity index is 1020. The monoisotopic (exact) mass is 370 g/mol. The smallest absolute Gasteiger partial charge is 0.275 e. The molecule has 1 aromatic carbocycles. The average Bonchev–Trinajstić information content (AvgIpc) is 3.32. The zero-order valence-corrected chi connectivity index (χ0v) is 14.8. The molecular weight excluding hydrogens is 352 g/mol. The van der Waals surface area contributed by atoms with Crippen molar-refractivity contribution < 1.29 is 13.2 Å². The van der Waals surface area contributed by atoms with E-state index in [4.69, 9.17) is 0 Å². The summed E-state index contributed by atoms with van der Waals surface area (Å²) in [5, 5.41) is 2.74. The molecule has 1 aliphatic rings. The number of sulfonamides is 1. The highest BCUT2D eigenvalue weighted by Crippen LogP contribution is 2.22. The molecule has 0 atom stereocenters. The average molecular weight is 370 g/mol. The molecule has 2 aromatic heterocycles. The van der Waals surface area contributed by atoms with E-state index >= 15 is 0 Å².